The van der Waals surface area contributed by atoms with Crippen LogP contribution in [0.3, 0.4) is 0 Å². The predicted octanol–water partition coefficient (Wildman–Crippen LogP) is 2.11. The molecule has 1 atom stereocenters. The van der Waals surface area contributed by atoms with Crippen LogP contribution in [0.25, 0.3) is 0 Å². The average Bonchev–Trinajstić information content (AvgIpc) is 2.42. The van der Waals surface area contributed by atoms with Crippen LogP contribution < -0.4 is 5.32 Å². The van der Waals surface area contributed by atoms with Gasteiger partial charge >= 0.3 is 0 Å². The molecular weight excluding hydrogens is 236 g/mol. The molecule has 1 N–H and O–H groups in total. The summed E-state index contributed by atoms with van der Waals surface area (Å²) in [6.45, 7) is 9.18. The third-order valence-electron chi connectivity index (χ3n) is 3.88. The highest BCUT2D eigenvalue weighted by molar-refractivity contribution is 5.29. The second kappa shape index (κ2) is 7.04. The molecule has 0 saturated carbocycles. The Balaban J connectivity index is 1.76. The maximum absolute atomic E-state index is 5.48. The molecule has 1 saturated heterocycles. The van der Waals surface area contributed by atoms with Gasteiger partial charge in [-0.25, -0.2) is 0 Å². The second-order valence-corrected chi connectivity index (χ2v) is 5.67. The molecule has 1 aromatic rings. The van der Waals surface area contributed by atoms with Crippen LogP contribution in [0.15, 0.2) is 18.2 Å². The van der Waals surface area contributed by atoms with Crippen molar-refractivity contribution in [3.8, 4) is 0 Å². The Morgan fingerprint density at radius 1 is 1.32 bits per heavy atom. The Kier molecular flexibility index (Phi) is 5.37. The first-order valence-electron chi connectivity index (χ1n) is 7.21. The molecule has 0 bridgehead atoms. The minimum Gasteiger partial charge on any atom is -0.379 e. The first-order chi connectivity index (χ1) is 9.15. The zero-order chi connectivity index (χ0) is 13.7. The van der Waals surface area contributed by atoms with Crippen molar-refractivity contribution in [2.45, 2.75) is 32.9 Å². The van der Waals surface area contributed by atoms with E-state index in [9.17, 15) is 0 Å². The highest BCUT2D eigenvalue weighted by Gasteiger charge is 2.13. The van der Waals surface area contributed by atoms with Gasteiger partial charge < -0.3 is 15.0 Å². The molecule has 3 heteroatoms. The van der Waals surface area contributed by atoms with Crippen molar-refractivity contribution in [3.63, 3.8) is 0 Å². The van der Waals surface area contributed by atoms with Gasteiger partial charge in [0.2, 0.25) is 0 Å². The van der Waals surface area contributed by atoms with E-state index in [2.05, 4.69) is 49.3 Å². The van der Waals surface area contributed by atoms with Crippen LogP contribution in [0.1, 0.15) is 23.1 Å². The number of benzene rings is 1. The van der Waals surface area contributed by atoms with E-state index >= 15 is 0 Å². The number of morpholine rings is 1. The number of hydrogen-bond acceptors (Lipinski definition) is 3. The fourth-order valence-electron chi connectivity index (χ4n) is 2.47. The summed E-state index contributed by atoms with van der Waals surface area (Å²) in [5, 5.41) is 3.50. The zero-order valence-electron chi connectivity index (χ0n) is 12.4. The summed E-state index contributed by atoms with van der Waals surface area (Å²) in [6.07, 6.45) is 1.15. The van der Waals surface area contributed by atoms with Crippen molar-refractivity contribution in [2.75, 3.05) is 33.4 Å². The number of nitrogens with zero attached hydrogens (tertiary/aromatic N) is 1. The highest BCUT2D eigenvalue weighted by atomic mass is 16.5. The number of aryl methyl sites for hydroxylation is 2. The smallest absolute Gasteiger partial charge is 0.0620 e. The van der Waals surface area contributed by atoms with Gasteiger partial charge in [0.1, 0.15) is 0 Å². The lowest BCUT2D eigenvalue weighted by atomic mass is 10.1. The van der Waals surface area contributed by atoms with E-state index in [1.54, 1.807) is 0 Å². The van der Waals surface area contributed by atoms with E-state index in [0.29, 0.717) is 6.04 Å². The van der Waals surface area contributed by atoms with Crippen LogP contribution in [0, 0.1) is 13.8 Å². The maximum atomic E-state index is 5.48. The van der Waals surface area contributed by atoms with Crippen molar-refractivity contribution in [1.29, 1.82) is 0 Å². The quantitative estimate of drug-likeness (QED) is 0.879. The normalized spacial score (nSPS) is 19.9. The summed E-state index contributed by atoms with van der Waals surface area (Å²) in [6, 6.07) is 7.28. The Hall–Kier alpha value is -0.900. The molecule has 0 amide bonds. The van der Waals surface area contributed by atoms with Gasteiger partial charge in [-0.15, -0.1) is 0 Å². The zero-order valence-corrected chi connectivity index (χ0v) is 12.4. The van der Waals surface area contributed by atoms with Gasteiger partial charge in [0, 0.05) is 19.1 Å². The van der Waals surface area contributed by atoms with E-state index in [1.165, 1.54) is 16.7 Å². The van der Waals surface area contributed by atoms with Gasteiger partial charge in [-0.3, -0.25) is 0 Å². The van der Waals surface area contributed by atoms with Crippen LogP contribution in [-0.4, -0.2) is 44.3 Å². The molecule has 19 heavy (non-hydrogen) atoms. The van der Waals surface area contributed by atoms with E-state index in [1.807, 2.05) is 0 Å². The van der Waals surface area contributed by atoms with Gasteiger partial charge in [0.25, 0.3) is 0 Å². The molecule has 1 aliphatic rings. The van der Waals surface area contributed by atoms with Gasteiger partial charge in [-0.2, -0.15) is 0 Å². The van der Waals surface area contributed by atoms with E-state index < -0.39 is 0 Å². The molecule has 0 aromatic heterocycles. The third-order valence-corrected chi connectivity index (χ3v) is 3.88. The van der Waals surface area contributed by atoms with Crippen molar-refractivity contribution >= 4 is 0 Å². The SMILES string of the molecule is Cc1ccc(CN(C)CCC2COCCN2)cc1C. The Morgan fingerprint density at radius 3 is 2.84 bits per heavy atom. The van der Waals surface area contributed by atoms with Crippen molar-refractivity contribution < 1.29 is 4.74 Å². The number of rotatable bonds is 5. The highest BCUT2D eigenvalue weighted by Crippen LogP contribution is 2.12. The molecule has 1 aliphatic heterocycles. The standard InChI is InChI=1S/C16H26N2O/c1-13-4-5-15(10-14(13)2)11-18(3)8-6-16-12-19-9-7-17-16/h4-5,10,16-17H,6-9,11-12H2,1-3H3. The fraction of sp³-hybridized carbons (Fsp3) is 0.625. The molecule has 0 radical (unpaired) electrons. The lowest BCUT2D eigenvalue weighted by Crippen LogP contribution is -2.42. The summed E-state index contributed by atoms with van der Waals surface area (Å²) in [5.74, 6) is 0. The molecule has 0 spiro atoms. The van der Waals surface area contributed by atoms with Crippen molar-refractivity contribution in [3.05, 3.63) is 34.9 Å². The van der Waals surface area contributed by atoms with Gasteiger partial charge in [0.15, 0.2) is 0 Å². The fourth-order valence-corrected chi connectivity index (χ4v) is 2.47. The minimum absolute atomic E-state index is 0.524. The molecule has 3 nitrogen and oxygen atoms in total. The largest absolute Gasteiger partial charge is 0.379 e. The summed E-state index contributed by atoms with van der Waals surface area (Å²) in [7, 11) is 2.19. The summed E-state index contributed by atoms with van der Waals surface area (Å²) < 4.78 is 5.48. The molecule has 1 heterocycles. The molecule has 1 unspecified atom stereocenters. The predicted molar refractivity (Wildman–Crippen MR) is 79.5 cm³/mol. The first kappa shape index (κ1) is 14.5. The molecule has 1 aromatic carbocycles. The Labute approximate surface area is 116 Å². The summed E-state index contributed by atoms with van der Waals surface area (Å²) >= 11 is 0. The second-order valence-electron chi connectivity index (χ2n) is 5.67. The van der Waals surface area contributed by atoms with Gasteiger partial charge in [-0.05, 0) is 50.6 Å². The lowest BCUT2D eigenvalue weighted by Gasteiger charge is -2.26. The number of hydrogen-bond donors (Lipinski definition) is 1. The summed E-state index contributed by atoms with van der Waals surface area (Å²) in [4.78, 5) is 2.39. The van der Waals surface area contributed by atoms with Gasteiger partial charge in [0.05, 0.1) is 13.2 Å². The average molecular weight is 262 g/mol. The topological polar surface area (TPSA) is 24.5 Å². The number of ether oxygens (including phenoxy) is 1. The van der Waals surface area contributed by atoms with Crippen LogP contribution in [0.5, 0.6) is 0 Å². The lowest BCUT2D eigenvalue weighted by molar-refractivity contribution is 0.0708. The molecule has 2 rings (SSSR count). The molecule has 1 fully saturated rings. The minimum atomic E-state index is 0.524. The number of nitrogens with one attached hydrogen (secondary N) is 1. The van der Waals surface area contributed by atoms with Crippen molar-refractivity contribution in [1.82, 2.24) is 10.2 Å². The van der Waals surface area contributed by atoms with Gasteiger partial charge in [-0.1, -0.05) is 18.2 Å². The maximum Gasteiger partial charge on any atom is 0.0620 e. The van der Waals surface area contributed by atoms with E-state index in [4.69, 9.17) is 4.74 Å². The monoisotopic (exact) mass is 262 g/mol. The van der Waals surface area contributed by atoms with E-state index in [0.717, 1.165) is 39.3 Å². The molecule has 0 aliphatic carbocycles. The Morgan fingerprint density at radius 2 is 2.16 bits per heavy atom. The molecular formula is C16H26N2O. The van der Waals surface area contributed by atoms with Crippen LogP contribution >= 0.6 is 0 Å². The third kappa shape index (κ3) is 4.60. The van der Waals surface area contributed by atoms with Crippen LogP contribution in [0.2, 0.25) is 0 Å². The van der Waals surface area contributed by atoms with Crippen molar-refractivity contribution in [2.24, 2.45) is 0 Å². The first-order valence-corrected chi connectivity index (χ1v) is 7.21. The van der Waals surface area contributed by atoms with Crippen LogP contribution in [-0.2, 0) is 11.3 Å². The molecule has 106 valence electrons. The Bertz CT molecular complexity index is 400. The van der Waals surface area contributed by atoms with E-state index in [-0.39, 0.29) is 0 Å². The van der Waals surface area contributed by atoms with Crippen LogP contribution in [0.4, 0.5) is 0 Å². The summed E-state index contributed by atoms with van der Waals surface area (Å²) in [5.41, 5.74) is 4.15.